The zero-order valence-corrected chi connectivity index (χ0v) is 11.2. The Kier molecular flexibility index (Phi) is 3.48. The Balaban J connectivity index is 1.75. The highest BCUT2D eigenvalue weighted by molar-refractivity contribution is 6.30. The molecule has 0 unspecified atom stereocenters. The van der Waals surface area contributed by atoms with Crippen LogP contribution < -0.4 is 14.2 Å². The monoisotopic (exact) mass is 290 g/mol. The largest absolute Gasteiger partial charge is 0.488 e. The lowest BCUT2D eigenvalue weighted by Gasteiger charge is -2.09. The van der Waals surface area contributed by atoms with Gasteiger partial charge in [0.1, 0.15) is 12.4 Å². The third-order valence-electron chi connectivity index (χ3n) is 2.93. The Morgan fingerprint density at radius 3 is 2.85 bits per heavy atom. The molecule has 4 nitrogen and oxygen atoms in total. The molecule has 0 aliphatic carbocycles. The van der Waals surface area contributed by atoms with E-state index in [0.717, 1.165) is 17.6 Å². The summed E-state index contributed by atoms with van der Waals surface area (Å²) in [7, 11) is 0. The highest BCUT2D eigenvalue weighted by Crippen LogP contribution is 2.33. The van der Waals surface area contributed by atoms with Crippen LogP contribution in [-0.2, 0) is 6.61 Å². The van der Waals surface area contributed by atoms with Gasteiger partial charge in [-0.2, -0.15) is 0 Å². The molecule has 0 amide bonds. The first-order valence-corrected chi connectivity index (χ1v) is 6.40. The first-order chi connectivity index (χ1) is 9.76. The first-order valence-electron chi connectivity index (χ1n) is 6.02. The summed E-state index contributed by atoms with van der Waals surface area (Å²) in [6.07, 6.45) is 0.723. The summed E-state index contributed by atoms with van der Waals surface area (Å²) in [4.78, 5) is 11.0. The maximum Gasteiger partial charge on any atom is 0.231 e. The van der Waals surface area contributed by atoms with E-state index in [1.54, 1.807) is 18.2 Å². The average Bonchev–Trinajstić information content (AvgIpc) is 2.93. The second-order valence-corrected chi connectivity index (χ2v) is 4.71. The van der Waals surface area contributed by atoms with Gasteiger partial charge in [-0.1, -0.05) is 17.7 Å². The van der Waals surface area contributed by atoms with Crippen molar-refractivity contribution in [2.45, 2.75) is 6.61 Å². The van der Waals surface area contributed by atoms with Crippen LogP contribution in [0.4, 0.5) is 0 Å². The fourth-order valence-electron chi connectivity index (χ4n) is 1.93. The molecule has 0 saturated carbocycles. The molecule has 0 atom stereocenters. The summed E-state index contributed by atoms with van der Waals surface area (Å²) in [5.74, 6) is 1.94. The van der Waals surface area contributed by atoms with Gasteiger partial charge in [-0.25, -0.2) is 0 Å². The van der Waals surface area contributed by atoms with Gasteiger partial charge in [0.15, 0.2) is 17.8 Å². The van der Waals surface area contributed by atoms with E-state index >= 15 is 0 Å². The summed E-state index contributed by atoms with van der Waals surface area (Å²) in [6, 6.07) is 10.5. The number of fused-ring (bicyclic) bond motifs is 1. The average molecular weight is 291 g/mol. The second kappa shape index (κ2) is 5.43. The molecule has 2 aromatic carbocycles. The Hall–Kier alpha value is -2.20. The minimum Gasteiger partial charge on any atom is -0.488 e. The lowest BCUT2D eigenvalue weighted by molar-refractivity contribution is 0.111. The van der Waals surface area contributed by atoms with Crippen LogP contribution in [0.25, 0.3) is 0 Å². The number of halogens is 1. The Morgan fingerprint density at radius 2 is 2.00 bits per heavy atom. The minimum absolute atomic E-state index is 0.242. The number of hydrogen-bond acceptors (Lipinski definition) is 4. The summed E-state index contributed by atoms with van der Waals surface area (Å²) in [5.41, 5.74) is 1.36. The fraction of sp³-hybridized carbons (Fsp3) is 0.133. The van der Waals surface area contributed by atoms with Gasteiger partial charge in [0.05, 0.1) is 5.56 Å². The van der Waals surface area contributed by atoms with E-state index in [-0.39, 0.29) is 6.79 Å². The van der Waals surface area contributed by atoms with Crippen molar-refractivity contribution < 1.29 is 19.0 Å². The van der Waals surface area contributed by atoms with Crippen molar-refractivity contribution in [1.82, 2.24) is 0 Å². The third-order valence-corrected chi connectivity index (χ3v) is 3.17. The van der Waals surface area contributed by atoms with E-state index in [1.165, 1.54) is 0 Å². The topological polar surface area (TPSA) is 44.8 Å². The van der Waals surface area contributed by atoms with Crippen LogP contribution in [0.5, 0.6) is 17.2 Å². The van der Waals surface area contributed by atoms with Crippen LogP contribution in [0, 0.1) is 0 Å². The second-order valence-electron chi connectivity index (χ2n) is 4.28. The quantitative estimate of drug-likeness (QED) is 0.809. The molecule has 0 N–H and O–H groups in total. The number of rotatable bonds is 4. The molecule has 0 bridgehead atoms. The Labute approximate surface area is 120 Å². The molecular weight excluding hydrogens is 280 g/mol. The summed E-state index contributed by atoms with van der Waals surface area (Å²) in [5, 5.41) is 0.502. The minimum atomic E-state index is 0.242. The molecule has 0 fully saturated rings. The van der Waals surface area contributed by atoms with Gasteiger partial charge in [0.2, 0.25) is 6.79 Å². The molecule has 2 aromatic rings. The number of hydrogen-bond donors (Lipinski definition) is 0. The molecule has 20 heavy (non-hydrogen) atoms. The van der Waals surface area contributed by atoms with E-state index in [9.17, 15) is 4.79 Å². The van der Waals surface area contributed by atoms with Gasteiger partial charge in [0.25, 0.3) is 0 Å². The Morgan fingerprint density at radius 1 is 1.15 bits per heavy atom. The van der Waals surface area contributed by atoms with Crippen molar-refractivity contribution in [1.29, 1.82) is 0 Å². The molecule has 1 aliphatic heterocycles. The first kappa shape index (κ1) is 12.8. The van der Waals surface area contributed by atoms with Gasteiger partial charge in [-0.15, -0.1) is 0 Å². The third kappa shape index (κ3) is 2.56. The lowest BCUT2D eigenvalue weighted by atomic mass is 10.2. The predicted molar refractivity (Wildman–Crippen MR) is 73.7 cm³/mol. The maximum atomic E-state index is 11.0. The van der Waals surface area contributed by atoms with Crippen LogP contribution in [-0.4, -0.2) is 13.1 Å². The molecule has 1 aliphatic rings. The van der Waals surface area contributed by atoms with Crippen LogP contribution in [0.3, 0.4) is 0 Å². The van der Waals surface area contributed by atoms with E-state index in [2.05, 4.69) is 0 Å². The van der Waals surface area contributed by atoms with Gasteiger partial charge < -0.3 is 14.2 Å². The van der Waals surface area contributed by atoms with Crippen LogP contribution in [0.1, 0.15) is 15.9 Å². The highest BCUT2D eigenvalue weighted by atomic mass is 35.5. The van der Waals surface area contributed by atoms with Crippen LogP contribution >= 0.6 is 11.6 Å². The van der Waals surface area contributed by atoms with Gasteiger partial charge >= 0.3 is 0 Å². The number of benzene rings is 2. The number of ether oxygens (including phenoxy) is 3. The van der Waals surface area contributed by atoms with Crippen molar-refractivity contribution in [3.8, 4) is 17.2 Å². The van der Waals surface area contributed by atoms with Crippen molar-refractivity contribution in [2.75, 3.05) is 6.79 Å². The number of carbonyl (C=O) groups excluding carboxylic acids is 1. The Bertz CT molecular complexity index is 654. The lowest BCUT2D eigenvalue weighted by Crippen LogP contribution is -1.98. The highest BCUT2D eigenvalue weighted by Gasteiger charge is 2.13. The molecule has 0 saturated heterocycles. The summed E-state index contributed by atoms with van der Waals surface area (Å²) in [6.45, 7) is 0.575. The van der Waals surface area contributed by atoms with E-state index in [0.29, 0.717) is 28.7 Å². The smallest absolute Gasteiger partial charge is 0.231 e. The fourth-order valence-corrected chi connectivity index (χ4v) is 2.12. The molecule has 0 spiro atoms. The van der Waals surface area contributed by atoms with Crippen molar-refractivity contribution in [3.05, 3.63) is 52.5 Å². The van der Waals surface area contributed by atoms with Gasteiger partial charge in [-0.05, 0) is 35.9 Å². The summed E-state index contributed by atoms with van der Waals surface area (Å²) >= 11 is 5.83. The maximum absolute atomic E-state index is 11.0. The standard InChI is InChI=1S/C15H11ClO4/c16-12-2-4-13(11(6-12)7-17)18-8-10-1-3-14-15(5-10)20-9-19-14/h1-7H,8-9H2. The van der Waals surface area contributed by atoms with Crippen LogP contribution in [0.15, 0.2) is 36.4 Å². The van der Waals surface area contributed by atoms with Gasteiger partial charge in [-0.3, -0.25) is 4.79 Å². The van der Waals surface area contributed by atoms with E-state index < -0.39 is 0 Å². The molecule has 0 aromatic heterocycles. The van der Waals surface area contributed by atoms with E-state index in [1.807, 2.05) is 18.2 Å². The molecular formula is C15H11ClO4. The molecule has 0 radical (unpaired) electrons. The van der Waals surface area contributed by atoms with Gasteiger partial charge in [0, 0.05) is 5.02 Å². The van der Waals surface area contributed by atoms with Crippen molar-refractivity contribution in [3.63, 3.8) is 0 Å². The molecule has 3 rings (SSSR count). The molecule has 5 heteroatoms. The van der Waals surface area contributed by atoms with Crippen molar-refractivity contribution in [2.24, 2.45) is 0 Å². The SMILES string of the molecule is O=Cc1cc(Cl)ccc1OCc1ccc2c(c1)OCO2. The normalized spacial score (nSPS) is 12.2. The van der Waals surface area contributed by atoms with Crippen molar-refractivity contribution >= 4 is 17.9 Å². The predicted octanol–water partition coefficient (Wildman–Crippen LogP) is 3.46. The zero-order valence-electron chi connectivity index (χ0n) is 10.5. The van der Waals surface area contributed by atoms with E-state index in [4.69, 9.17) is 25.8 Å². The number of carbonyl (C=O) groups is 1. The number of aldehydes is 1. The summed E-state index contributed by atoms with van der Waals surface area (Å²) < 4.78 is 16.2. The van der Waals surface area contributed by atoms with Crippen LogP contribution in [0.2, 0.25) is 5.02 Å². The molecule has 102 valence electrons. The zero-order chi connectivity index (χ0) is 13.9. The molecule has 1 heterocycles.